The summed E-state index contributed by atoms with van der Waals surface area (Å²) in [4.78, 5) is 25.1. The molecule has 1 aromatic heterocycles. The summed E-state index contributed by atoms with van der Waals surface area (Å²) in [6, 6.07) is -0.800. The van der Waals surface area contributed by atoms with Crippen molar-refractivity contribution >= 4 is 19.6 Å². The van der Waals surface area contributed by atoms with Gasteiger partial charge in [-0.3, -0.25) is 14.2 Å². The average molecular weight is 192 g/mol. The van der Waals surface area contributed by atoms with Crippen LogP contribution in [0.4, 0.5) is 4.79 Å². The Balaban J connectivity index is 2.69. The Bertz CT molecular complexity index is 362. The van der Waals surface area contributed by atoms with Crippen LogP contribution in [0.3, 0.4) is 0 Å². The van der Waals surface area contributed by atoms with Gasteiger partial charge in [0.2, 0.25) is 13.8 Å². The van der Waals surface area contributed by atoms with Crippen LogP contribution >= 0.6 is 0 Å². The molecule has 0 bridgehead atoms. The van der Waals surface area contributed by atoms with Crippen molar-refractivity contribution in [3.8, 4) is 0 Å². The Morgan fingerprint density at radius 3 is 2.71 bits per heavy atom. The summed E-state index contributed by atoms with van der Waals surface area (Å²) < 4.78 is 1.10. The van der Waals surface area contributed by atoms with Crippen LogP contribution in [0.5, 0.6) is 0 Å². The van der Waals surface area contributed by atoms with Gasteiger partial charge in [-0.05, 0) is 0 Å². The molecule has 0 aromatic carbocycles. The van der Waals surface area contributed by atoms with E-state index in [-0.39, 0.29) is 6.42 Å². The number of hydrogen-bond donors (Lipinski definition) is 2. The second-order valence-corrected chi connectivity index (χ2v) is 2.82. The first-order chi connectivity index (χ1) is 6.50. The van der Waals surface area contributed by atoms with E-state index in [9.17, 15) is 9.59 Å². The molecule has 1 unspecified atom stereocenters. The number of amides is 1. The summed E-state index contributed by atoms with van der Waals surface area (Å²) in [5.41, 5.74) is 10.8. The molecule has 1 rings (SSSR count). The third-order valence-electron chi connectivity index (χ3n) is 1.69. The van der Waals surface area contributed by atoms with Gasteiger partial charge in [0.1, 0.15) is 6.33 Å². The fraction of sp³-hybridized carbons (Fsp3) is 0.286. The van der Waals surface area contributed by atoms with Crippen molar-refractivity contribution < 1.29 is 9.59 Å². The smallest absolute Gasteiger partial charge is 0.234 e. The van der Waals surface area contributed by atoms with Gasteiger partial charge >= 0.3 is 0 Å². The molecule has 0 aliphatic heterocycles. The molecular formula is C7H9BN4O2. The number of nitrogens with two attached hydrogens (primary N) is 2. The number of aromatic nitrogens is 2. The lowest BCUT2D eigenvalue weighted by atomic mass is 10.1. The monoisotopic (exact) mass is 192 g/mol. The topological polar surface area (TPSA) is 104 Å². The Morgan fingerprint density at radius 1 is 1.64 bits per heavy atom. The highest BCUT2D eigenvalue weighted by Gasteiger charge is 2.12. The van der Waals surface area contributed by atoms with Crippen LogP contribution in [0, 0.1) is 0 Å². The van der Waals surface area contributed by atoms with Crippen molar-refractivity contribution in [2.24, 2.45) is 11.5 Å². The molecule has 0 aliphatic carbocycles. The van der Waals surface area contributed by atoms with Gasteiger partial charge in [0.05, 0.1) is 11.7 Å². The third kappa shape index (κ3) is 2.43. The number of primary amides is 1. The minimum absolute atomic E-state index is 0.190. The maximum absolute atomic E-state index is 10.7. The van der Waals surface area contributed by atoms with Crippen molar-refractivity contribution in [1.29, 1.82) is 0 Å². The van der Waals surface area contributed by atoms with E-state index in [4.69, 9.17) is 19.3 Å². The molecule has 0 spiro atoms. The number of nitrogens with zero attached hydrogens (tertiary/aromatic N) is 2. The highest BCUT2D eigenvalue weighted by atomic mass is 16.1. The fourth-order valence-electron chi connectivity index (χ4n) is 0.915. The minimum atomic E-state index is -0.800. The minimum Gasteiger partial charge on any atom is -0.368 e. The lowest BCUT2D eigenvalue weighted by Gasteiger charge is -2.03. The summed E-state index contributed by atoms with van der Waals surface area (Å²) in [5.74, 6) is -1.25. The summed E-state index contributed by atoms with van der Waals surface area (Å²) in [5, 5.41) is 0. The van der Waals surface area contributed by atoms with Crippen molar-refractivity contribution in [2.75, 3.05) is 0 Å². The van der Waals surface area contributed by atoms with E-state index in [1.165, 1.54) is 12.5 Å². The second-order valence-electron chi connectivity index (χ2n) is 2.82. The molecule has 0 aliphatic rings. The molecule has 4 N–H and O–H groups in total. The van der Waals surface area contributed by atoms with Crippen molar-refractivity contribution in [3.63, 3.8) is 0 Å². The summed E-state index contributed by atoms with van der Waals surface area (Å²) in [6.07, 6.45) is 2.85. The lowest BCUT2D eigenvalue weighted by Crippen LogP contribution is -2.38. The number of imidazole rings is 1. The largest absolute Gasteiger partial charge is 0.368 e. The maximum atomic E-state index is 10.7. The molecule has 1 aromatic rings. The Hall–Kier alpha value is -1.63. The zero-order chi connectivity index (χ0) is 10.7. The van der Waals surface area contributed by atoms with E-state index in [1.807, 2.05) is 0 Å². The van der Waals surface area contributed by atoms with E-state index in [0.29, 0.717) is 5.69 Å². The SMILES string of the molecule is [B]C(=O)n1cnc(CC(N)C(N)=O)c1. The van der Waals surface area contributed by atoms with E-state index in [0.717, 1.165) is 4.57 Å². The van der Waals surface area contributed by atoms with Gasteiger partial charge in [0.15, 0.2) is 5.81 Å². The molecule has 72 valence electrons. The summed E-state index contributed by atoms with van der Waals surface area (Å²) >= 11 is 0. The van der Waals surface area contributed by atoms with Crippen LogP contribution in [0.25, 0.3) is 0 Å². The zero-order valence-electron chi connectivity index (χ0n) is 7.38. The van der Waals surface area contributed by atoms with Gasteiger partial charge in [-0.25, -0.2) is 4.98 Å². The van der Waals surface area contributed by atoms with Crippen LogP contribution in [0.2, 0.25) is 0 Å². The molecule has 7 heteroatoms. The van der Waals surface area contributed by atoms with Crippen LogP contribution in [-0.4, -0.2) is 35.2 Å². The molecule has 2 radical (unpaired) electrons. The zero-order valence-corrected chi connectivity index (χ0v) is 7.38. The summed E-state index contributed by atoms with van der Waals surface area (Å²) in [6.45, 7) is 0. The van der Waals surface area contributed by atoms with E-state index < -0.39 is 17.8 Å². The fourth-order valence-corrected chi connectivity index (χ4v) is 0.915. The standard InChI is InChI=1S/C7H9BN4O2/c8-7(14)12-2-4(11-3-12)1-5(9)6(10)13/h2-3,5H,1,9H2,(H2,10,13). The molecule has 0 saturated heterocycles. The Kier molecular flexibility index (Phi) is 3.03. The number of carbonyl (C=O) groups excluding carboxylic acids is 2. The molecule has 14 heavy (non-hydrogen) atoms. The van der Waals surface area contributed by atoms with E-state index >= 15 is 0 Å². The lowest BCUT2D eigenvalue weighted by molar-refractivity contribution is -0.119. The van der Waals surface area contributed by atoms with Gasteiger partial charge in [-0.2, -0.15) is 0 Å². The summed E-state index contributed by atoms with van der Waals surface area (Å²) in [7, 11) is 4.98. The first-order valence-electron chi connectivity index (χ1n) is 3.88. The van der Waals surface area contributed by atoms with Gasteiger partial charge in [0.25, 0.3) is 0 Å². The predicted octanol–water partition coefficient (Wildman–Crippen LogP) is -1.63. The highest BCUT2D eigenvalue weighted by Crippen LogP contribution is 1.99. The van der Waals surface area contributed by atoms with Gasteiger partial charge in [0, 0.05) is 12.6 Å². The van der Waals surface area contributed by atoms with Crippen molar-refractivity contribution in [3.05, 3.63) is 18.2 Å². The normalized spacial score (nSPS) is 12.4. The Labute approximate surface area is 81.7 Å². The molecule has 0 fully saturated rings. The molecule has 1 heterocycles. The van der Waals surface area contributed by atoms with Crippen LogP contribution < -0.4 is 11.5 Å². The van der Waals surface area contributed by atoms with E-state index in [2.05, 4.69) is 4.98 Å². The van der Waals surface area contributed by atoms with Crippen LogP contribution in [0.15, 0.2) is 12.5 Å². The molecule has 0 saturated carbocycles. The number of rotatable bonds is 3. The number of hydrogen-bond acceptors (Lipinski definition) is 4. The molecule has 1 amide bonds. The van der Waals surface area contributed by atoms with Crippen molar-refractivity contribution in [1.82, 2.24) is 9.55 Å². The van der Waals surface area contributed by atoms with Gasteiger partial charge in [-0.15, -0.1) is 0 Å². The average Bonchev–Trinajstić information content (AvgIpc) is 2.52. The molecule has 1 atom stereocenters. The second kappa shape index (κ2) is 4.06. The predicted molar refractivity (Wildman–Crippen MR) is 49.6 cm³/mol. The Morgan fingerprint density at radius 2 is 2.29 bits per heavy atom. The van der Waals surface area contributed by atoms with Crippen molar-refractivity contribution in [2.45, 2.75) is 12.5 Å². The number of carbonyl (C=O) groups is 2. The van der Waals surface area contributed by atoms with Crippen LogP contribution in [0.1, 0.15) is 5.69 Å². The first-order valence-corrected chi connectivity index (χ1v) is 3.88. The van der Waals surface area contributed by atoms with Crippen LogP contribution in [-0.2, 0) is 11.2 Å². The highest BCUT2D eigenvalue weighted by molar-refractivity contribution is 6.57. The first kappa shape index (κ1) is 10.5. The van der Waals surface area contributed by atoms with Gasteiger partial charge < -0.3 is 11.5 Å². The molecular weight excluding hydrogens is 183 g/mol. The molecule has 6 nitrogen and oxygen atoms in total. The third-order valence-corrected chi connectivity index (χ3v) is 1.69. The van der Waals surface area contributed by atoms with E-state index in [1.54, 1.807) is 0 Å². The quantitative estimate of drug-likeness (QED) is 0.561. The van der Waals surface area contributed by atoms with Gasteiger partial charge in [-0.1, -0.05) is 0 Å². The maximum Gasteiger partial charge on any atom is 0.234 e.